The van der Waals surface area contributed by atoms with Gasteiger partial charge in [-0.05, 0) is 27.8 Å². The van der Waals surface area contributed by atoms with E-state index >= 15 is 0 Å². The molecule has 4 aromatic rings. The topological polar surface area (TPSA) is 139 Å². The van der Waals surface area contributed by atoms with Gasteiger partial charge < -0.3 is 26.1 Å². The molecule has 0 saturated heterocycles. The number of ether oxygens (including phenoxy) is 1. The van der Waals surface area contributed by atoms with E-state index in [0.717, 1.165) is 27.8 Å². The second kappa shape index (κ2) is 11.6. The number of aromatic nitrogens is 2. The zero-order chi connectivity index (χ0) is 27.2. The number of nitrogens with one attached hydrogen (secondary N) is 3. The van der Waals surface area contributed by atoms with Gasteiger partial charge in [-0.2, -0.15) is 0 Å². The summed E-state index contributed by atoms with van der Waals surface area (Å²) >= 11 is 0. The highest BCUT2D eigenvalue weighted by molar-refractivity contribution is 5.91. The minimum atomic E-state index is -1.03. The Morgan fingerprint density at radius 1 is 0.846 bits per heavy atom. The van der Waals surface area contributed by atoms with Crippen LogP contribution in [0.3, 0.4) is 0 Å². The third-order valence-electron chi connectivity index (χ3n) is 6.87. The summed E-state index contributed by atoms with van der Waals surface area (Å²) in [6, 6.07) is 23.4. The molecule has 2 atom stereocenters. The molecule has 9 nitrogen and oxygen atoms in total. The zero-order valence-electron chi connectivity index (χ0n) is 21.2. The van der Waals surface area contributed by atoms with Crippen molar-refractivity contribution in [1.29, 1.82) is 0 Å². The maximum atomic E-state index is 13.3. The molecule has 1 heterocycles. The molecule has 3 amide bonds. The number of carbonyl (C=O) groups excluding carboxylic acids is 3. The van der Waals surface area contributed by atoms with Gasteiger partial charge in [-0.3, -0.25) is 9.59 Å². The summed E-state index contributed by atoms with van der Waals surface area (Å²) < 4.78 is 5.64. The van der Waals surface area contributed by atoms with Crippen LogP contribution >= 0.6 is 0 Å². The Morgan fingerprint density at radius 2 is 1.49 bits per heavy atom. The van der Waals surface area contributed by atoms with E-state index in [4.69, 9.17) is 10.5 Å². The summed E-state index contributed by atoms with van der Waals surface area (Å²) in [5, 5.41) is 5.35. The first-order valence-electron chi connectivity index (χ1n) is 12.7. The summed E-state index contributed by atoms with van der Waals surface area (Å²) in [4.78, 5) is 45.3. The Bertz CT molecular complexity index is 1410. The van der Waals surface area contributed by atoms with Crippen molar-refractivity contribution in [2.75, 3.05) is 6.61 Å². The van der Waals surface area contributed by atoms with E-state index in [2.05, 4.69) is 32.7 Å². The number of H-pyrrole nitrogens is 1. The lowest BCUT2D eigenvalue weighted by Crippen LogP contribution is -2.54. The first-order valence-corrected chi connectivity index (χ1v) is 12.7. The largest absolute Gasteiger partial charge is 0.449 e. The lowest BCUT2D eigenvalue weighted by atomic mass is 9.98. The minimum Gasteiger partial charge on any atom is -0.449 e. The molecule has 39 heavy (non-hydrogen) atoms. The van der Waals surface area contributed by atoms with Crippen molar-refractivity contribution in [3.63, 3.8) is 0 Å². The number of alkyl carbamates (subject to hydrolysis) is 1. The van der Waals surface area contributed by atoms with E-state index < -0.39 is 30.0 Å². The second-order valence-corrected chi connectivity index (χ2v) is 9.46. The van der Waals surface area contributed by atoms with Gasteiger partial charge in [0.1, 0.15) is 18.7 Å². The van der Waals surface area contributed by atoms with Gasteiger partial charge in [0.15, 0.2) is 0 Å². The number of carbonyl (C=O) groups is 3. The Kier molecular flexibility index (Phi) is 7.68. The number of aromatic amines is 1. The fourth-order valence-corrected chi connectivity index (χ4v) is 4.95. The number of nitrogens with zero attached hydrogens (tertiary/aromatic N) is 1. The van der Waals surface area contributed by atoms with Crippen LogP contribution in [0.2, 0.25) is 0 Å². The SMILES string of the molecule is NC(=O)[C@H](Cc1ccccc1)NC(=O)[C@H](Cc1cnc[nH]1)NC(=O)OCC1c2ccccc2-c2ccccc21. The molecule has 0 saturated carbocycles. The maximum absolute atomic E-state index is 13.3. The van der Waals surface area contributed by atoms with E-state index in [1.165, 1.54) is 6.33 Å². The van der Waals surface area contributed by atoms with Gasteiger partial charge in [-0.15, -0.1) is 0 Å². The predicted molar refractivity (Wildman–Crippen MR) is 146 cm³/mol. The van der Waals surface area contributed by atoms with Gasteiger partial charge in [-0.25, -0.2) is 9.78 Å². The molecule has 0 radical (unpaired) electrons. The normalized spacial score (nSPS) is 13.5. The van der Waals surface area contributed by atoms with E-state index in [1.807, 2.05) is 66.7 Å². The second-order valence-electron chi connectivity index (χ2n) is 9.46. The van der Waals surface area contributed by atoms with E-state index in [1.54, 1.807) is 6.20 Å². The quantitative estimate of drug-likeness (QED) is 0.253. The molecule has 0 bridgehead atoms. The van der Waals surface area contributed by atoms with Gasteiger partial charge in [-0.1, -0.05) is 78.9 Å². The molecular weight excluding hydrogens is 494 g/mol. The Morgan fingerprint density at radius 3 is 2.10 bits per heavy atom. The van der Waals surface area contributed by atoms with Crippen LogP contribution in [0, 0.1) is 0 Å². The standard InChI is InChI=1S/C30H29N5O4/c31-28(36)26(14-19-8-2-1-3-9-19)34-29(37)27(15-20-16-32-18-33-20)35-30(38)39-17-25-23-12-6-4-10-21(23)22-11-5-7-13-24(22)25/h1-13,16,18,25-27H,14-15,17H2,(H2,31,36)(H,32,33)(H,34,37)(H,35,38)/t26-,27-/m0/s1. The molecule has 5 N–H and O–H groups in total. The number of imidazole rings is 1. The minimum absolute atomic E-state index is 0.107. The van der Waals surface area contributed by atoms with Gasteiger partial charge in [0.05, 0.1) is 6.33 Å². The number of amides is 3. The molecular formula is C30H29N5O4. The number of rotatable bonds is 10. The van der Waals surface area contributed by atoms with Crippen molar-refractivity contribution in [3.05, 3.63) is 114 Å². The van der Waals surface area contributed by atoms with Crippen LogP contribution in [0.25, 0.3) is 11.1 Å². The monoisotopic (exact) mass is 523 g/mol. The fraction of sp³-hybridized carbons (Fsp3) is 0.200. The first kappa shape index (κ1) is 25.7. The third kappa shape index (κ3) is 5.98. The molecule has 0 unspecified atom stereocenters. The number of fused-ring (bicyclic) bond motifs is 3. The Labute approximate surface area is 225 Å². The van der Waals surface area contributed by atoms with Crippen LogP contribution in [0.15, 0.2) is 91.4 Å². The molecule has 9 heteroatoms. The maximum Gasteiger partial charge on any atom is 0.407 e. The molecule has 1 aliphatic carbocycles. The summed E-state index contributed by atoms with van der Waals surface area (Å²) in [6.07, 6.45) is 2.65. The molecule has 5 rings (SSSR count). The molecule has 0 fully saturated rings. The van der Waals surface area contributed by atoms with Crippen molar-refractivity contribution in [1.82, 2.24) is 20.6 Å². The van der Waals surface area contributed by atoms with Crippen LogP contribution in [0.4, 0.5) is 4.79 Å². The number of hydrogen-bond donors (Lipinski definition) is 4. The van der Waals surface area contributed by atoms with E-state index in [0.29, 0.717) is 5.69 Å². The van der Waals surface area contributed by atoms with Crippen molar-refractivity contribution < 1.29 is 19.1 Å². The van der Waals surface area contributed by atoms with Gasteiger partial charge >= 0.3 is 6.09 Å². The molecule has 198 valence electrons. The van der Waals surface area contributed by atoms with Gasteiger partial charge in [0.2, 0.25) is 11.8 Å². The van der Waals surface area contributed by atoms with Crippen LogP contribution in [0.1, 0.15) is 28.3 Å². The summed E-state index contributed by atoms with van der Waals surface area (Å²) in [6.45, 7) is 0.107. The lowest BCUT2D eigenvalue weighted by Gasteiger charge is -2.22. The lowest BCUT2D eigenvalue weighted by molar-refractivity contribution is -0.128. The highest BCUT2D eigenvalue weighted by Gasteiger charge is 2.31. The molecule has 0 aliphatic heterocycles. The molecule has 1 aromatic heterocycles. The van der Waals surface area contributed by atoms with Crippen LogP contribution in [-0.4, -0.2) is 46.6 Å². The highest BCUT2D eigenvalue weighted by Crippen LogP contribution is 2.44. The number of primary amides is 1. The van der Waals surface area contributed by atoms with E-state index in [-0.39, 0.29) is 25.4 Å². The summed E-state index contributed by atoms with van der Waals surface area (Å²) in [5.41, 5.74) is 11.5. The molecule has 0 spiro atoms. The predicted octanol–water partition coefficient (Wildman–Crippen LogP) is 3.07. The van der Waals surface area contributed by atoms with Crippen molar-refractivity contribution >= 4 is 17.9 Å². The smallest absolute Gasteiger partial charge is 0.407 e. The third-order valence-corrected chi connectivity index (χ3v) is 6.87. The van der Waals surface area contributed by atoms with Crippen LogP contribution in [0.5, 0.6) is 0 Å². The van der Waals surface area contributed by atoms with Crippen molar-refractivity contribution in [3.8, 4) is 11.1 Å². The highest BCUT2D eigenvalue weighted by atomic mass is 16.5. The summed E-state index contributed by atoms with van der Waals surface area (Å²) in [5.74, 6) is -1.35. The van der Waals surface area contributed by atoms with E-state index in [9.17, 15) is 14.4 Å². The fourth-order valence-electron chi connectivity index (χ4n) is 4.95. The van der Waals surface area contributed by atoms with Crippen LogP contribution < -0.4 is 16.4 Å². The van der Waals surface area contributed by atoms with Crippen molar-refractivity contribution in [2.24, 2.45) is 5.73 Å². The number of benzene rings is 3. The number of hydrogen-bond acceptors (Lipinski definition) is 5. The first-order chi connectivity index (χ1) is 19.0. The molecule has 3 aromatic carbocycles. The number of nitrogens with two attached hydrogens (primary N) is 1. The van der Waals surface area contributed by atoms with Gasteiger partial charge in [0.25, 0.3) is 0 Å². The molecule has 1 aliphatic rings. The summed E-state index contributed by atoms with van der Waals surface area (Å²) in [7, 11) is 0. The van der Waals surface area contributed by atoms with Crippen molar-refractivity contribution in [2.45, 2.75) is 30.8 Å². The Balaban J connectivity index is 1.27. The van der Waals surface area contributed by atoms with Crippen LogP contribution in [-0.2, 0) is 27.2 Å². The average molecular weight is 524 g/mol. The average Bonchev–Trinajstić information content (AvgIpc) is 3.58. The Hall–Kier alpha value is -4.92. The van der Waals surface area contributed by atoms with Gasteiger partial charge in [0, 0.05) is 30.7 Å². The zero-order valence-corrected chi connectivity index (χ0v) is 21.2.